The van der Waals surface area contributed by atoms with Crippen LogP contribution < -0.4 is 5.32 Å². The van der Waals surface area contributed by atoms with Gasteiger partial charge in [-0.05, 0) is 30.2 Å². The maximum Gasteiger partial charge on any atom is 0.330 e. The summed E-state index contributed by atoms with van der Waals surface area (Å²) in [6.07, 6.45) is 0. The second-order valence-electron chi connectivity index (χ2n) is 4.66. The van der Waals surface area contributed by atoms with Crippen LogP contribution in [0, 0.1) is 6.92 Å². The van der Waals surface area contributed by atoms with Gasteiger partial charge in [0.05, 0.1) is 0 Å². The van der Waals surface area contributed by atoms with E-state index in [9.17, 15) is 19.8 Å². The number of aliphatic carboxylic acids is 1. The number of hydrogen-bond acceptors (Lipinski definition) is 3. The number of hydrogen-bond donors (Lipinski definition) is 3. The number of aromatic hydroxyl groups is 1. The summed E-state index contributed by atoms with van der Waals surface area (Å²) < 4.78 is 0. The Bertz CT molecular complexity index is 667. The molecule has 0 aliphatic rings. The fourth-order valence-electron chi connectivity index (χ4n) is 1.90. The average molecular weight is 285 g/mol. The minimum absolute atomic E-state index is 0.00534. The predicted octanol–water partition coefficient (Wildman–Crippen LogP) is 2.26. The predicted molar refractivity (Wildman–Crippen MR) is 77.1 cm³/mol. The van der Waals surface area contributed by atoms with E-state index in [4.69, 9.17) is 0 Å². The third-order valence-electron chi connectivity index (χ3n) is 3.13. The molecular formula is C16H15NO4. The molecule has 0 saturated carbocycles. The number of carbonyl (C=O) groups is 2. The normalized spacial score (nSPS) is 11.7. The summed E-state index contributed by atoms with van der Waals surface area (Å²) in [7, 11) is 0. The van der Waals surface area contributed by atoms with Crippen molar-refractivity contribution in [3.05, 3.63) is 65.2 Å². The summed E-state index contributed by atoms with van der Waals surface area (Å²) in [5.41, 5.74) is 1.33. The molecular weight excluding hydrogens is 270 g/mol. The lowest BCUT2D eigenvalue weighted by Gasteiger charge is -2.15. The van der Waals surface area contributed by atoms with Gasteiger partial charge in [-0.3, -0.25) is 4.79 Å². The molecule has 2 aromatic carbocycles. The van der Waals surface area contributed by atoms with Gasteiger partial charge in [0.2, 0.25) is 0 Å². The zero-order valence-corrected chi connectivity index (χ0v) is 11.4. The third kappa shape index (κ3) is 3.39. The lowest BCUT2D eigenvalue weighted by Crippen LogP contribution is -2.33. The van der Waals surface area contributed by atoms with Crippen LogP contribution >= 0.6 is 0 Å². The standard InChI is InChI=1S/C16H15NO4/c1-10-7-8-12(9-13(10)18)15(19)17-14(16(20)21)11-5-3-2-4-6-11/h2-9,14,18H,1H3,(H,17,19)(H,20,21)/t14-/m0/s1. The fourth-order valence-corrected chi connectivity index (χ4v) is 1.90. The van der Waals surface area contributed by atoms with Gasteiger partial charge in [0.1, 0.15) is 5.75 Å². The van der Waals surface area contributed by atoms with Crippen LogP contribution in [0.2, 0.25) is 0 Å². The van der Waals surface area contributed by atoms with Crippen molar-refractivity contribution >= 4 is 11.9 Å². The number of carboxylic acid groups (broad SMARTS) is 1. The molecule has 3 N–H and O–H groups in total. The minimum atomic E-state index is -1.15. The molecule has 5 heteroatoms. The van der Waals surface area contributed by atoms with E-state index in [0.29, 0.717) is 11.1 Å². The van der Waals surface area contributed by atoms with Crippen molar-refractivity contribution in [2.75, 3.05) is 0 Å². The first-order valence-corrected chi connectivity index (χ1v) is 6.37. The van der Waals surface area contributed by atoms with E-state index in [0.717, 1.165) is 0 Å². The molecule has 1 amide bonds. The Morgan fingerprint density at radius 1 is 1.10 bits per heavy atom. The van der Waals surface area contributed by atoms with Crippen molar-refractivity contribution in [3.8, 4) is 5.75 Å². The highest BCUT2D eigenvalue weighted by Crippen LogP contribution is 2.19. The molecule has 0 spiro atoms. The number of phenolic OH excluding ortho intramolecular Hbond substituents is 1. The first-order chi connectivity index (χ1) is 9.99. The van der Waals surface area contributed by atoms with Gasteiger partial charge in [-0.25, -0.2) is 4.79 Å². The SMILES string of the molecule is Cc1ccc(C(=O)N[C@H](C(=O)O)c2ccccc2)cc1O. The maximum absolute atomic E-state index is 12.1. The Hall–Kier alpha value is -2.82. The van der Waals surface area contributed by atoms with E-state index in [1.807, 2.05) is 0 Å². The highest BCUT2D eigenvalue weighted by Gasteiger charge is 2.22. The van der Waals surface area contributed by atoms with Crippen molar-refractivity contribution in [2.45, 2.75) is 13.0 Å². The van der Waals surface area contributed by atoms with Crippen LogP contribution in [-0.4, -0.2) is 22.1 Å². The van der Waals surface area contributed by atoms with Crippen LogP contribution in [0.25, 0.3) is 0 Å². The monoisotopic (exact) mass is 285 g/mol. The topological polar surface area (TPSA) is 86.6 Å². The molecule has 0 aliphatic heterocycles. The maximum atomic E-state index is 12.1. The molecule has 108 valence electrons. The molecule has 0 fully saturated rings. The molecule has 0 aromatic heterocycles. The third-order valence-corrected chi connectivity index (χ3v) is 3.13. The summed E-state index contributed by atoms with van der Waals surface area (Å²) in [4.78, 5) is 23.4. The molecule has 21 heavy (non-hydrogen) atoms. The van der Waals surface area contributed by atoms with Crippen molar-refractivity contribution in [1.82, 2.24) is 5.32 Å². The quantitative estimate of drug-likeness (QED) is 0.804. The van der Waals surface area contributed by atoms with Gasteiger partial charge in [0.25, 0.3) is 5.91 Å². The van der Waals surface area contributed by atoms with Crippen LogP contribution in [-0.2, 0) is 4.79 Å². The second kappa shape index (κ2) is 6.09. The van der Waals surface area contributed by atoms with Crippen molar-refractivity contribution in [3.63, 3.8) is 0 Å². The van der Waals surface area contributed by atoms with Gasteiger partial charge in [-0.2, -0.15) is 0 Å². The van der Waals surface area contributed by atoms with E-state index in [1.165, 1.54) is 12.1 Å². The molecule has 0 saturated heterocycles. The number of nitrogens with one attached hydrogen (secondary N) is 1. The lowest BCUT2D eigenvalue weighted by molar-refractivity contribution is -0.139. The smallest absolute Gasteiger partial charge is 0.330 e. The average Bonchev–Trinajstić information content (AvgIpc) is 2.48. The first kappa shape index (κ1) is 14.6. The number of rotatable bonds is 4. The molecule has 2 rings (SSSR count). The number of carbonyl (C=O) groups excluding carboxylic acids is 1. The second-order valence-corrected chi connectivity index (χ2v) is 4.66. The Morgan fingerprint density at radius 2 is 1.76 bits per heavy atom. The molecule has 0 radical (unpaired) electrons. The van der Waals surface area contributed by atoms with Gasteiger partial charge in [0, 0.05) is 5.56 Å². The van der Waals surface area contributed by atoms with Crippen LogP contribution in [0.1, 0.15) is 27.5 Å². The Labute approximate surface area is 121 Å². The number of aryl methyl sites for hydroxylation is 1. The van der Waals surface area contributed by atoms with Crippen LogP contribution in [0.15, 0.2) is 48.5 Å². The molecule has 0 unspecified atom stereocenters. The molecule has 1 atom stereocenters. The minimum Gasteiger partial charge on any atom is -0.508 e. The highest BCUT2D eigenvalue weighted by atomic mass is 16.4. The van der Waals surface area contributed by atoms with E-state index >= 15 is 0 Å². The molecule has 0 aliphatic carbocycles. The van der Waals surface area contributed by atoms with E-state index in [1.54, 1.807) is 43.3 Å². The molecule has 2 aromatic rings. The Morgan fingerprint density at radius 3 is 2.33 bits per heavy atom. The number of benzene rings is 2. The summed E-state index contributed by atoms with van der Waals surface area (Å²) in [5, 5.41) is 21.3. The number of carboxylic acids is 1. The van der Waals surface area contributed by atoms with Crippen LogP contribution in [0.4, 0.5) is 0 Å². The lowest BCUT2D eigenvalue weighted by atomic mass is 10.1. The van der Waals surface area contributed by atoms with Gasteiger partial charge in [-0.1, -0.05) is 36.4 Å². The fraction of sp³-hybridized carbons (Fsp3) is 0.125. The van der Waals surface area contributed by atoms with E-state index in [2.05, 4.69) is 5.32 Å². The van der Waals surface area contributed by atoms with E-state index < -0.39 is 17.9 Å². The highest BCUT2D eigenvalue weighted by molar-refractivity contribution is 5.97. The molecule has 5 nitrogen and oxygen atoms in total. The van der Waals surface area contributed by atoms with Gasteiger partial charge < -0.3 is 15.5 Å². The number of amides is 1. The van der Waals surface area contributed by atoms with E-state index in [-0.39, 0.29) is 11.3 Å². The Balaban J connectivity index is 2.23. The van der Waals surface area contributed by atoms with Crippen molar-refractivity contribution in [1.29, 1.82) is 0 Å². The summed E-state index contributed by atoms with van der Waals surface area (Å²) in [6, 6.07) is 11.7. The van der Waals surface area contributed by atoms with Gasteiger partial charge >= 0.3 is 5.97 Å². The van der Waals surface area contributed by atoms with Crippen molar-refractivity contribution in [2.24, 2.45) is 0 Å². The zero-order chi connectivity index (χ0) is 15.4. The van der Waals surface area contributed by atoms with Crippen molar-refractivity contribution < 1.29 is 19.8 Å². The molecule has 0 bridgehead atoms. The summed E-state index contributed by atoms with van der Waals surface area (Å²) in [5.74, 6) is -1.71. The summed E-state index contributed by atoms with van der Waals surface area (Å²) in [6.45, 7) is 1.71. The van der Waals surface area contributed by atoms with Gasteiger partial charge in [0.15, 0.2) is 6.04 Å². The molecule has 0 heterocycles. The zero-order valence-electron chi connectivity index (χ0n) is 11.4. The largest absolute Gasteiger partial charge is 0.508 e. The van der Waals surface area contributed by atoms with Crippen LogP contribution in [0.5, 0.6) is 5.75 Å². The summed E-state index contributed by atoms with van der Waals surface area (Å²) >= 11 is 0. The Kier molecular flexibility index (Phi) is 4.23. The van der Waals surface area contributed by atoms with Gasteiger partial charge in [-0.15, -0.1) is 0 Å². The van der Waals surface area contributed by atoms with Crippen LogP contribution in [0.3, 0.4) is 0 Å². The number of phenols is 1. The first-order valence-electron chi connectivity index (χ1n) is 6.37.